The zero-order valence-corrected chi connectivity index (χ0v) is 18.7. The van der Waals surface area contributed by atoms with E-state index in [0.717, 1.165) is 5.56 Å². The molecular weight excluding hydrogens is 422 g/mol. The highest BCUT2D eigenvalue weighted by Crippen LogP contribution is 2.25. The predicted molar refractivity (Wildman–Crippen MR) is 121 cm³/mol. The molecule has 172 valence electrons. The number of carbonyl (C=O) groups is 4. The van der Waals surface area contributed by atoms with Crippen LogP contribution in [0.4, 0.5) is 0 Å². The van der Waals surface area contributed by atoms with Gasteiger partial charge in [0.05, 0.1) is 17.5 Å². The van der Waals surface area contributed by atoms with Crippen molar-refractivity contribution in [3.63, 3.8) is 0 Å². The van der Waals surface area contributed by atoms with Crippen molar-refractivity contribution < 1.29 is 23.9 Å². The number of methoxy groups -OCH3 is 1. The van der Waals surface area contributed by atoms with Gasteiger partial charge in [-0.3, -0.25) is 24.1 Å². The molecule has 0 N–H and O–H groups in total. The number of benzene rings is 2. The minimum atomic E-state index is -0.378. The Morgan fingerprint density at radius 1 is 0.879 bits per heavy atom. The molecule has 2 aromatic rings. The maximum absolute atomic E-state index is 13.0. The molecule has 0 atom stereocenters. The second kappa shape index (κ2) is 9.95. The maximum atomic E-state index is 13.0. The SMILES string of the molecule is COCCCN1C(=O)c2ccc(C(=O)N3CCN(C(=O)Cc4ccccc4)CC3)cc2C1=O. The fourth-order valence-electron chi connectivity index (χ4n) is 4.22. The van der Waals surface area contributed by atoms with Gasteiger partial charge in [-0.05, 0) is 30.2 Å². The number of ether oxygens (including phenoxy) is 1. The molecule has 2 aliphatic rings. The lowest BCUT2D eigenvalue weighted by molar-refractivity contribution is -0.131. The first kappa shape index (κ1) is 22.7. The Labute approximate surface area is 192 Å². The first-order valence-electron chi connectivity index (χ1n) is 11.1. The summed E-state index contributed by atoms with van der Waals surface area (Å²) in [6.45, 7) is 2.51. The number of hydrogen-bond donors (Lipinski definition) is 0. The summed E-state index contributed by atoms with van der Waals surface area (Å²) in [6.07, 6.45) is 0.900. The number of nitrogens with zero attached hydrogens (tertiary/aromatic N) is 3. The molecule has 8 nitrogen and oxygen atoms in total. The Morgan fingerprint density at radius 2 is 1.55 bits per heavy atom. The van der Waals surface area contributed by atoms with Crippen LogP contribution in [0.15, 0.2) is 48.5 Å². The second-order valence-electron chi connectivity index (χ2n) is 8.20. The second-order valence-corrected chi connectivity index (χ2v) is 8.20. The molecule has 4 amide bonds. The predicted octanol–water partition coefficient (Wildman–Crippen LogP) is 1.85. The molecule has 33 heavy (non-hydrogen) atoms. The molecule has 1 saturated heterocycles. The molecule has 0 bridgehead atoms. The molecule has 0 radical (unpaired) electrons. The molecule has 0 saturated carbocycles. The van der Waals surface area contributed by atoms with Crippen LogP contribution in [-0.2, 0) is 16.0 Å². The molecule has 0 aliphatic carbocycles. The molecule has 8 heteroatoms. The van der Waals surface area contributed by atoms with E-state index in [0.29, 0.717) is 56.8 Å². The van der Waals surface area contributed by atoms with Gasteiger partial charge in [-0.25, -0.2) is 0 Å². The number of hydrogen-bond acceptors (Lipinski definition) is 5. The highest BCUT2D eigenvalue weighted by Gasteiger charge is 2.36. The van der Waals surface area contributed by atoms with E-state index in [9.17, 15) is 19.2 Å². The van der Waals surface area contributed by atoms with Crippen LogP contribution >= 0.6 is 0 Å². The third-order valence-electron chi connectivity index (χ3n) is 6.07. The zero-order valence-electron chi connectivity index (χ0n) is 18.7. The molecule has 1 fully saturated rings. The lowest BCUT2D eigenvalue weighted by Crippen LogP contribution is -2.51. The van der Waals surface area contributed by atoms with Gasteiger partial charge in [0.15, 0.2) is 0 Å². The van der Waals surface area contributed by atoms with Crippen LogP contribution in [0.25, 0.3) is 0 Å². The molecule has 2 aromatic carbocycles. The van der Waals surface area contributed by atoms with E-state index in [4.69, 9.17) is 4.74 Å². The van der Waals surface area contributed by atoms with E-state index in [1.807, 2.05) is 30.3 Å². The lowest BCUT2D eigenvalue weighted by atomic mass is 10.0. The van der Waals surface area contributed by atoms with Crippen molar-refractivity contribution in [1.82, 2.24) is 14.7 Å². The standard InChI is InChI=1S/C25H27N3O5/c1-33-15-5-10-28-24(31)20-9-8-19(17-21(20)25(28)32)23(30)27-13-11-26(12-14-27)22(29)16-18-6-3-2-4-7-18/h2-4,6-9,17H,5,10-16H2,1H3. The van der Waals surface area contributed by atoms with Crippen molar-refractivity contribution >= 4 is 23.6 Å². The van der Waals surface area contributed by atoms with Crippen LogP contribution in [0, 0.1) is 0 Å². The van der Waals surface area contributed by atoms with Gasteiger partial charge in [0.2, 0.25) is 5.91 Å². The topological polar surface area (TPSA) is 87.2 Å². The fourth-order valence-corrected chi connectivity index (χ4v) is 4.22. The Morgan fingerprint density at radius 3 is 2.24 bits per heavy atom. The van der Waals surface area contributed by atoms with Gasteiger partial charge < -0.3 is 14.5 Å². The van der Waals surface area contributed by atoms with Gasteiger partial charge in [0.1, 0.15) is 0 Å². The number of carbonyl (C=O) groups excluding carboxylic acids is 4. The Hall–Kier alpha value is -3.52. The summed E-state index contributed by atoms with van der Waals surface area (Å²) >= 11 is 0. The van der Waals surface area contributed by atoms with Crippen molar-refractivity contribution in [2.75, 3.05) is 46.4 Å². The molecule has 2 aliphatic heterocycles. The van der Waals surface area contributed by atoms with Gasteiger partial charge >= 0.3 is 0 Å². The normalized spacial score (nSPS) is 15.7. The van der Waals surface area contributed by atoms with E-state index >= 15 is 0 Å². The van der Waals surface area contributed by atoms with E-state index in [1.54, 1.807) is 29.0 Å². The summed E-state index contributed by atoms with van der Waals surface area (Å²) in [5.41, 5.74) is 1.93. The Bertz CT molecular complexity index is 1060. The third-order valence-corrected chi connectivity index (χ3v) is 6.07. The van der Waals surface area contributed by atoms with Gasteiger partial charge in [-0.2, -0.15) is 0 Å². The average Bonchev–Trinajstić information content (AvgIpc) is 3.08. The number of amides is 4. The third kappa shape index (κ3) is 4.80. The maximum Gasteiger partial charge on any atom is 0.261 e. The van der Waals surface area contributed by atoms with Gasteiger partial charge in [-0.15, -0.1) is 0 Å². The zero-order chi connectivity index (χ0) is 23.4. The van der Waals surface area contributed by atoms with E-state index in [2.05, 4.69) is 0 Å². The molecule has 0 aromatic heterocycles. The van der Waals surface area contributed by atoms with E-state index in [-0.39, 0.29) is 35.7 Å². The number of rotatable bonds is 7. The fraction of sp³-hybridized carbons (Fsp3) is 0.360. The highest BCUT2D eigenvalue weighted by atomic mass is 16.5. The van der Waals surface area contributed by atoms with Crippen molar-refractivity contribution in [1.29, 1.82) is 0 Å². The molecule has 0 unspecified atom stereocenters. The summed E-state index contributed by atoms with van der Waals surface area (Å²) < 4.78 is 4.99. The summed E-state index contributed by atoms with van der Waals surface area (Å²) in [5.74, 6) is -0.873. The number of fused-ring (bicyclic) bond motifs is 1. The van der Waals surface area contributed by atoms with Crippen LogP contribution in [0.5, 0.6) is 0 Å². The molecular formula is C25H27N3O5. The largest absolute Gasteiger partial charge is 0.385 e. The minimum absolute atomic E-state index is 0.0449. The number of piperazine rings is 1. The van der Waals surface area contributed by atoms with Crippen LogP contribution in [0.3, 0.4) is 0 Å². The van der Waals surface area contributed by atoms with E-state index in [1.165, 1.54) is 11.0 Å². The Balaban J connectivity index is 1.37. The van der Waals surface area contributed by atoms with Crippen LogP contribution < -0.4 is 0 Å². The van der Waals surface area contributed by atoms with E-state index < -0.39 is 0 Å². The quantitative estimate of drug-likeness (QED) is 0.476. The molecule has 0 spiro atoms. The van der Waals surface area contributed by atoms with Crippen molar-refractivity contribution in [3.8, 4) is 0 Å². The van der Waals surface area contributed by atoms with Gasteiger partial charge in [-0.1, -0.05) is 30.3 Å². The van der Waals surface area contributed by atoms with Crippen molar-refractivity contribution in [2.45, 2.75) is 12.8 Å². The van der Waals surface area contributed by atoms with Crippen molar-refractivity contribution in [2.24, 2.45) is 0 Å². The summed E-state index contributed by atoms with van der Waals surface area (Å²) in [7, 11) is 1.57. The first-order chi connectivity index (χ1) is 16.0. The summed E-state index contributed by atoms with van der Waals surface area (Å²) in [6, 6.07) is 14.3. The summed E-state index contributed by atoms with van der Waals surface area (Å²) in [4.78, 5) is 55.5. The number of imide groups is 1. The van der Waals surface area contributed by atoms with Crippen LogP contribution in [-0.4, -0.2) is 84.8 Å². The first-order valence-corrected chi connectivity index (χ1v) is 11.1. The van der Waals surface area contributed by atoms with Gasteiger partial charge in [0.25, 0.3) is 17.7 Å². The van der Waals surface area contributed by atoms with Crippen LogP contribution in [0.2, 0.25) is 0 Å². The smallest absolute Gasteiger partial charge is 0.261 e. The van der Waals surface area contributed by atoms with Crippen LogP contribution in [0.1, 0.15) is 43.1 Å². The lowest BCUT2D eigenvalue weighted by Gasteiger charge is -2.35. The summed E-state index contributed by atoms with van der Waals surface area (Å²) in [5, 5.41) is 0. The average molecular weight is 450 g/mol. The minimum Gasteiger partial charge on any atom is -0.385 e. The van der Waals surface area contributed by atoms with Crippen molar-refractivity contribution in [3.05, 3.63) is 70.8 Å². The molecule has 4 rings (SSSR count). The Kier molecular flexibility index (Phi) is 6.84. The molecule has 2 heterocycles. The van der Waals surface area contributed by atoms with Gasteiger partial charge in [0, 0.05) is 52.0 Å². The monoisotopic (exact) mass is 449 g/mol. The highest BCUT2D eigenvalue weighted by molar-refractivity contribution is 6.22.